The van der Waals surface area contributed by atoms with Crippen molar-refractivity contribution < 1.29 is 32.0 Å². The van der Waals surface area contributed by atoms with Gasteiger partial charge in [-0.25, -0.2) is 0 Å². The first-order valence-corrected chi connectivity index (χ1v) is 11.0. The summed E-state index contributed by atoms with van der Waals surface area (Å²) in [4.78, 5) is 24.0. The number of hydrogen-bond acceptors (Lipinski definition) is 6. The number of unbranched alkanes of at least 4 members (excludes halogenated alkanes) is 4. The van der Waals surface area contributed by atoms with E-state index in [9.17, 15) is 22.6 Å². The zero-order valence-corrected chi connectivity index (χ0v) is 17.2. The minimum Gasteiger partial charge on any atom is -0.463 e. The smallest absolute Gasteiger partial charge is 0.327 e. The Labute approximate surface area is 157 Å². The lowest BCUT2D eigenvalue weighted by Crippen LogP contribution is -2.36. The summed E-state index contributed by atoms with van der Waals surface area (Å²) in [7, 11) is -4.76. The fourth-order valence-electron chi connectivity index (χ4n) is 2.49. The third kappa shape index (κ3) is 11.5. The van der Waals surface area contributed by atoms with Crippen LogP contribution >= 0.6 is 0 Å². The Hall–Kier alpha value is -1.15. The van der Waals surface area contributed by atoms with Gasteiger partial charge in [-0.1, -0.05) is 39.5 Å². The molecule has 0 aliphatic carbocycles. The quantitative estimate of drug-likeness (QED) is 0.272. The molecule has 0 rings (SSSR count). The van der Waals surface area contributed by atoms with Crippen molar-refractivity contribution in [3.63, 3.8) is 0 Å². The van der Waals surface area contributed by atoms with Gasteiger partial charge in [-0.3, -0.25) is 14.1 Å². The standard InChI is InChI=1S/C18H34O7S/c1-5-7-9-11-14(3)24-17(19)13-16(26(21,22)23)18(20)25-15(4)12-10-8-6-2/h14-16H,5-13H2,1-4H3,(H,21,22,23). The molecule has 0 radical (unpaired) electrons. The first-order valence-electron chi connectivity index (χ1n) is 9.48. The van der Waals surface area contributed by atoms with E-state index in [4.69, 9.17) is 9.47 Å². The highest BCUT2D eigenvalue weighted by atomic mass is 32.2. The predicted octanol–water partition coefficient (Wildman–Crippen LogP) is 3.66. The highest BCUT2D eigenvalue weighted by Crippen LogP contribution is 2.14. The largest absolute Gasteiger partial charge is 0.463 e. The van der Waals surface area contributed by atoms with Crippen LogP contribution in [-0.4, -0.2) is 42.4 Å². The summed E-state index contributed by atoms with van der Waals surface area (Å²) in [5.74, 6) is -1.96. The van der Waals surface area contributed by atoms with Gasteiger partial charge in [0.15, 0.2) is 5.25 Å². The Morgan fingerprint density at radius 2 is 1.35 bits per heavy atom. The first kappa shape index (κ1) is 24.8. The maximum Gasteiger partial charge on any atom is 0.327 e. The lowest BCUT2D eigenvalue weighted by molar-refractivity contribution is -0.155. The molecule has 0 spiro atoms. The van der Waals surface area contributed by atoms with Crippen LogP contribution in [0.3, 0.4) is 0 Å². The van der Waals surface area contributed by atoms with E-state index in [0.717, 1.165) is 38.5 Å². The summed E-state index contributed by atoms with van der Waals surface area (Å²) in [6.45, 7) is 7.47. The first-order chi connectivity index (χ1) is 12.1. The highest BCUT2D eigenvalue weighted by Gasteiger charge is 2.36. The lowest BCUT2D eigenvalue weighted by Gasteiger charge is -2.18. The minimum atomic E-state index is -4.76. The van der Waals surface area contributed by atoms with Gasteiger partial charge in [0.2, 0.25) is 0 Å². The normalized spacial score (nSPS) is 15.1. The van der Waals surface area contributed by atoms with Crippen LogP contribution < -0.4 is 0 Å². The van der Waals surface area contributed by atoms with Crippen molar-refractivity contribution in [1.29, 1.82) is 0 Å². The van der Waals surface area contributed by atoms with Gasteiger partial charge in [0.1, 0.15) is 0 Å². The molecule has 26 heavy (non-hydrogen) atoms. The summed E-state index contributed by atoms with van der Waals surface area (Å²) < 4.78 is 42.5. The molecule has 0 saturated heterocycles. The maximum atomic E-state index is 12.1. The fraction of sp³-hybridized carbons (Fsp3) is 0.889. The van der Waals surface area contributed by atoms with E-state index < -0.39 is 39.8 Å². The van der Waals surface area contributed by atoms with Crippen LogP contribution in [0.1, 0.15) is 85.5 Å². The molecule has 8 heteroatoms. The van der Waals surface area contributed by atoms with Gasteiger partial charge >= 0.3 is 11.9 Å². The topological polar surface area (TPSA) is 107 Å². The Morgan fingerprint density at radius 1 is 0.885 bits per heavy atom. The number of rotatable bonds is 14. The van der Waals surface area contributed by atoms with Crippen LogP contribution in [0.5, 0.6) is 0 Å². The van der Waals surface area contributed by atoms with Crippen LogP contribution in [0.25, 0.3) is 0 Å². The molecule has 154 valence electrons. The van der Waals surface area contributed by atoms with E-state index in [-0.39, 0.29) is 6.10 Å². The summed E-state index contributed by atoms with van der Waals surface area (Å²) in [6.07, 6.45) is 5.42. The molecule has 3 atom stereocenters. The van der Waals surface area contributed by atoms with Crippen molar-refractivity contribution in [2.45, 2.75) is 103 Å². The number of carbonyl (C=O) groups excluding carboxylic acids is 2. The zero-order chi connectivity index (χ0) is 20.2. The van der Waals surface area contributed by atoms with E-state index in [1.54, 1.807) is 13.8 Å². The molecule has 0 heterocycles. The van der Waals surface area contributed by atoms with E-state index in [1.165, 1.54) is 0 Å². The minimum absolute atomic E-state index is 0.375. The second-order valence-corrected chi connectivity index (χ2v) is 8.35. The highest BCUT2D eigenvalue weighted by molar-refractivity contribution is 7.87. The van der Waals surface area contributed by atoms with Gasteiger partial charge in [-0.15, -0.1) is 0 Å². The van der Waals surface area contributed by atoms with Gasteiger partial charge in [0.05, 0.1) is 18.6 Å². The molecule has 1 N–H and O–H groups in total. The third-order valence-corrected chi connectivity index (χ3v) is 5.13. The molecule has 0 fully saturated rings. The molecule has 0 aromatic rings. The molecule has 0 saturated carbocycles. The average molecular weight is 395 g/mol. The van der Waals surface area contributed by atoms with Crippen LogP contribution in [-0.2, 0) is 29.2 Å². The number of ether oxygens (including phenoxy) is 2. The van der Waals surface area contributed by atoms with Crippen molar-refractivity contribution in [1.82, 2.24) is 0 Å². The van der Waals surface area contributed by atoms with Gasteiger partial charge < -0.3 is 9.47 Å². The molecule has 0 amide bonds. The third-order valence-electron chi connectivity index (χ3n) is 4.05. The number of esters is 2. The molecule has 0 aromatic carbocycles. The van der Waals surface area contributed by atoms with Crippen LogP contribution in [0.15, 0.2) is 0 Å². The van der Waals surface area contributed by atoms with Gasteiger partial charge in [-0.2, -0.15) is 8.42 Å². The summed E-state index contributed by atoms with van der Waals surface area (Å²) in [5.41, 5.74) is 0. The van der Waals surface area contributed by atoms with Crippen LogP contribution in [0.2, 0.25) is 0 Å². The monoisotopic (exact) mass is 394 g/mol. The van der Waals surface area contributed by atoms with E-state index in [0.29, 0.717) is 12.8 Å². The van der Waals surface area contributed by atoms with Crippen molar-refractivity contribution in [3.05, 3.63) is 0 Å². The van der Waals surface area contributed by atoms with Gasteiger partial charge in [-0.05, 0) is 39.5 Å². The summed E-state index contributed by atoms with van der Waals surface area (Å²) >= 11 is 0. The van der Waals surface area contributed by atoms with Gasteiger partial charge in [0.25, 0.3) is 10.1 Å². The molecule has 3 unspecified atom stereocenters. The molecular weight excluding hydrogens is 360 g/mol. The average Bonchev–Trinajstić information content (AvgIpc) is 2.51. The van der Waals surface area contributed by atoms with Crippen molar-refractivity contribution in [3.8, 4) is 0 Å². The Bertz CT molecular complexity index is 516. The summed E-state index contributed by atoms with van der Waals surface area (Å²) in [6, 6.07) is 0. The zero-order valence-electron chi connectivity index (χ0n) is 16.4. The fourth-order valence-corrected chi connectivity index (χ4v) is 3.14. The Balaban J connectivity index is 4.65. The Kier molecular flexibility index (Phi) is 12.5. The predicted molar refractivity (Wildman–Crippen MR) is 99.3 cm³/mol. The number of carbonyl (C=O) groups is 2. The van der Waals surface area contributed by atoms with Crippen molar-refractivity contribution >= 4 is 22.1 Å². The second-order valence-electron chi connectivity index (χ2n) is 6.75. The molecule has 0 aromatic heterocycles. The molecular formula is C18H34O7S. The SMILES string of the molecule is CCCCCC(C)OC(=O)CC(C(=O)OC(C)CCCCC)S(=O)(=O)O. The van der Waals surface area contributed by atoms with Crippen LogP contribution in [0, 0.1) is 0 Å². The van der Waals surface area contributed by atoms with Crippen LogP contribution in [0.4, 0.5) is 0 Å². The van der Waals surface area contributed by atoms with E-state index in [2.05, 4.69) is 6.92 Å². The van der Waals surface area contributed by atoms with Crippen molar-refractivity contribution in [2.24, 2.45) is 0 Å². The van der Waals surface area contributed by atoms with Crippen molar-refractivity contribution in [2.75, 3.05) is 0 Å². The Morgan fingerprint density at radius 3 is 1.77 bits per heavy atom. The molecule has 0 bridgehead atoms. The maximum absolute atomic E-state index is 12.1. The molecule has 7 nitrogen and oxygen atoms in total. The second kappa shape index (κ2) is 13.1. The summed E-state index contributed by atoms with van der Waals surface area (Å²) in [5, 5.41) is -1.95. The van der Waals surface area contributed by atoms with E-state index >= 15 is 0 Å². The van der Waals surface area contributed by atoms with E-state index in [1.807, 2.05) is 6.92 Å². The number of hydrogen-bond donors (Lipinski definition) is 1. The molecule has 0 aliphatic rings. The lowest BCUT2D eigenvalue weighted by atomic mass is 10.1. The van der Waals surface area contributed by atoms with Gasteiger partial charge in [0, 0.05) is 0 Å². The molecule has 0 aliphatic heterocycles.